The van der Waals surface area contributed by atoms with Gasteiger partial charge in [-0.3, -0.25) is 4.79 Å². The minimum absolute atomic E-state index is 0.0779. The van der Waals surface area contributed by atoms with E-state index in [1.54, 1.807) is 17.0 Å². The van der Waals surface area contributed by atoms with E-state index in [9.17, 15) is 13.2 Å². The topological polar surface area (TPSA) is 88.2 Å². The molecule has 1 N–H and O–H groups in total. The van der Waals surface area contributed by atoms with Crippen molar-refractivity contribution in [2.24, 2.45) is 0 Å². The van der Waals surface area contributed by atoms with Gasteiger partial charge in [0.05, 0.1) is 24.7 Å². The van der Waals surface area contributed by atoms with Crippen LogP contribution in [-0.4, -0.2) is 82.6 Å². The number of hydrogen-bond acceptors (Lipinski definition) is 6. The van der Waals surface area contributed by atoms with E-state index in [0.717, 1.165) is 13.1 Å². The van der Waals surface area contributed by atoms with E-state index in [0.29, 0.717) is 31.9 Å². The van der Waals surface area contributed by atoms with Gasteiger partial charge in [0.1, 0.15) is 5.75 Å². The molecule has 1 aromatic rings. The lowest BCUT2D eigenvalue weighted by Crippen LogP contribution is -2.50. The smallest absolute Gasteiger partial charge is 0.243 e. The number of ether oxygens (including phenoxy) is 2. The number of rotatable bonds is 10. The van der Waals surface area contributed by atoms with E-state index < -0.39 is 10.0 Å². The van der Waals surface area contributed by atoms with Crippen LogP contribution in [0.1, 0.15) is 20.3 Å². The number of amides is 1. The van der Waals surface area contributed by atoms with Gasteiger partial charge in [0.25, 0.3) is 0 Å². The van der Waals surface area contributed by atoms with Crippen LogP contribution in [-0.2, 0) is 19.6 Å². The van der Waals surface area contributed by atoms with Crippen molar-refractivity contribution in [2.45, 2.75) is 31.3 Å². The Kier molecular flexibility index (Phi) is 8.68. The predicted molar refractivity (Wildman–Crippen MR) is 107 cm³/mol. The third-order valence-electron chi connectivity index (χ3n) is 4.48. The molecule has 0 bridgehead atoms. The molecule has 0 aromatic heterocycles. The predicted octanol–water partition coefficient (Wildman–Crippen LogP) is 0.933. The zero-order valence-electron chi connectivity index (χ0n) is 16.9. The number of nitrogens with zero attached hydrogens (tertiary/aromatic N) is 2. The van der Waals surface area contributed by atoms with Crippen molar-refractivity contribution in [3.63, 3.8) is 0 Å². The van der Waals surface area contributed by atoms with Crippen molar-refractivity contribution >= 4 is 15.9 Å². The van der Waals surface area contributed by atoms with Crippen LogP contribution in [0.3, 0.4) is 0 Å². The molecule has 158 valence electrons. The Balaban J connectivity index is 2.13. The Morgan fingerprint density at radius 1 is 1.21 bits per heavy atom. The largest absolute Gasteiger partial charge is 0.497 e. The standard InChI is InChI=1S/C19H31N3O5S/c1-16(2)27-14-4-11-22(15-19(23)21-12-9-20-10-13-21)28(24,25)18-7-5-17(26-3)6-8-18/h5-8,16,20H,4,9-15H2,1-3H3. The lowest BCUT2D eigenvalue weighted by molar-refractivity contribution is -0.132. The summed E-state index contributed by atoms with van der Waals surface area (Å²) in [5.41, 5.74) is 0. The van der Waals surface area contributed by atoms with Crippen molar-refractivity contribution in [2.75, 3.05) is 53.0 Å². The summed E-state index contributed by atoms with van der Waals surface area (Å²) < 4.78 is 38.1. The maximum atomic E-state index is 13.1. The highest BCUT2D eigenvalue weighted by molar-refractivity contribution is 7.89. The SMILES string of the molecule is COc1ccc(S(=O)(=O)N(CCCOC(C)C)CC(=O)N2CCNCC2)cc1. The van der Waals surface area contributed by atoms with Crippen LogP contribution in [0.5, 0.6) is 5.75 Å². The van der Waals surface area contributed by atoms with Crippen molar-refractivity contribution in [3.8, 4) is 5.75 Å². The number of benzene rings is 1. The molecule has 1 fully saturated rings. The number of sulfonamides is 1. The fraction of sp³-hybridized carbons (Fsp3) is 0.632. The summed E-state index contributed by atoms with van der Waals surface area (Å²) in [5, 5.41) is 3.19. The molecule has 1 aliphatic rings. The molecule has 1 amide bonds. The molecule has 1 aromatic carbocycles. The maximum Gasteiger partial charge on any atom is 0.243 e. The fourth-order valence-corrected chi connectivity index (χ4v) is 4.33. The van der Waals surface area contributed by atoms with Crippen molar-refractivity contribution in [3.05, 3.63) is 24.3 Å². The maximum absolute atomic E-state index is 13.1. The summed E-state index contributed by atoms with van der Waals surface area (Å²) in [7, 11) is -2.28. The normalized spacial score (nSPS) is 15.2. The van der Waals surface area contributed by atoms with Gasteiger partial charge in [-0.05, 0) is 44.5 Å². The first-order chi connectivity index (χ1) is 13.3. The first-order valence-electron chi connectivity index (χ1n) is 9.59. The van der Waals surface area contributed by atoms with Crippen LogP contribution < -0.4 is 10.1 Å². The van der Waals surface area contributed by atoms with Crippen LogP contribution in [0.15, 0.2) is 29.2 Å². The highest BCUT2D eigenvalue weighted by Crippen LogP contribution is 2.20. The van der Waals surface area contributed by atoms with Crippen molar-refractivity contribution in [1.29, 1.82) is 0 Å². The zero-order chi connectivity index (χ0) is 20.6. The summed E-state index contributed by atoms with van der Waals surface area (Å²) in [6, 6.07) is 6.21. The fourth-order valence-electron chi connectivity index (χ4n) is 2.91. The number of nitrogens with one attached hydrogen (secondary N) is 1. The van der Waals surface area contributed by atoms with Gasteiger partial charge in [-0.1, -0.05) is 0 Å². The molecule has 0 atom stereocenters. The number of methoxy groups -OCH3 is 1. The molecular formula is C19H31N3O5S. The molecule has 28 heavy (non-hydrogen) atoms. The average molecular weight is 414 g/mol. The minimum Gasteiger partial charge on any atom is -0.497 e. The molecule has 0 unspecified atom stereocenters. The highest BCUT2D eigenvalue weighted by Gasteiger charge is 2.28. The number of carbonyl (C=O) groups is 1. The van der Waals surface area contributed by atoms with Crippen LogP contribution in [0, 0.1) is 0 Å². The lowest BCUT2D eigenvalue weighted by atomic mass is 10.3. The van der Waals surface area contributed by atoms with Gasteiger partial charge in [0, 0.05) is 39.3 Å². The van der Waals surface area contributed by atoms with Gasteiger partial charge in [-0.2, -0.15) is 4.31 Å². The van der Waals surface area contributed by atoms with E-state index >= 15 is 0 Å². The van der Waals surface area contributed by atoms with E-state index in [1.807, 2.05) is 13.8 Å². The summed E-state index contributed by atoms with van der Waals surface area (Å²) in [4.78, 5) is 14.5. The summed E-state index contributed by atoms with van der Waals surface area (Å²) in [6.45, 7) is 6.97. The van der Waals surface area contributed by atoms with Crippen molar-refractivity contribution in [1.82, 2.24) is 14.5 Å². The Morgan fingerprint density at radius 2 is 1.86 bits per heavy atom. The minimum atomic E-state index is -3.80. The summed E-state index contributed by atoms with van der Waals surface area (Å²) in [5.74, 6) is 0.399. The molecule has 1 heterocycles. The number of hydrogen-bond donors (Lipinski definition) is 1. The molecule has 1 aliphatic heterocycles. The molecular weight excluding hydrogens is 382 g/mol. The van der Waals surface area contributed by atoms with E-state index in [4.69, 9.17) is 9.47 Å². The Labute approximate surface area is 167 Å². The highest BCUT2D eigenvalue weighted by atomic mass is 32.2. The van der Waals surface area contributed by atoms with Gasteiger partial charge in [-0.15, -0.1) is 0 Å². The van der Waals surface area contributed by atoms with Gasteiger partial charge in [0.15, 0.2) is 0 Å². The second-order valence-corrected chi connectivity index (χ2v) is 8.86. The molecule has 2 rings (SSSR count). The summed E-state index contributed by atoms with van der Waals surface area (Å²) >= 11 is 0. The number of carbonyl (C=O) groups excluding carboxylic acids is 1. The van der Waals surface area contributed by atoms with Crippen LogP contribution in [0.25, 0.3) is 0 Å². The first kappa shape index (κ1) is 22.6. The Hall–Kier alpha value is -1.68. The Morgan fingerprint density at radius 3 is 2.43 bits per heavy atom. The Bertz CT molecular complexity index is 716. The molecule has 0 spiro atoms. The molecule has 1 saturated heterocycles. The molecule has 9 heteroatoms. The van der Waals surface area contributed by atoms with Crippen LogP contribution >= 0.6 is 0 Å². The van der Waals surface area contributed by atoms with Crippen LogP contribution in [0.2, 0.25) is 0 Å². The second-order valence-electron chi connectivity index (χ2n) is 6.92. The molecule has 8 nitrogen and oxygen atoms in total. The summed E-state index contributed by atoms with van der Waals surface area (Å²) in [6.07, 6.45) is 0.594. The van der Waals surface area contributed by atoms with Crippen molar-refractivity contribution < 1.29 is 22.7 Å². The second kappa shape index (κ2) is 10.8. The number of piperazine rings is 1. The quantitative estimate of drug-likeness (QED) is 0.574. The third-order valence-corrected chi connectivity index (χ3v) is 6.34. The van der Waals surface area contributed by atoms with Gasteiger partial charge in [-0.25, -0.2) is 8.42 Å². The van der Waals surface area contributed by atoms with Gasteiger partial charge in [0.2, 0.25) is 15.9 Å². The average Bonchev–Trinajstić information content (AvgIpc) is 2.70. The molecule has 0 aliphatic carbocycles. The lowest BCUT2D eigenvalue weighted by Gasteiger charge is -2.30. The first-order valence-corrected chi connectivity index (χ1v) is 11.0. The monoisotopic (exact) mass is 413 g/mol. The third kappa shape index (κ3) is 6.44. The van der Waals surface area contributed by atoms with E-state index in [1.165, 1.54) is 23.5 Å². The zero-order valence-corrected chi connectivity index (χ0v) is 17.7. The van der Waals surface area contributed by atoms with Gasteiger partial charge >= 0.3 is 0 Å². The van der Waals surface area contributed by atoms with E-state index in [2.05, 4.69) is 5.32 Å². The van der Waals surface area contributed by atoms with Gasteiger partial charge < -0.3 is 19.7 Å². The molecule has 0 radical (unpaired) electrons. The van der Waals surface area contributed by atoms with E-state index in [-0.39, 0.29) is 30.0 Å². The molecule has 0 saturated carbocycles. The van der Waals surface area contributed by atoms with Crippen LogP contribution in [0.4, 0.5) is 0 Å².